The fourth-order valence-electron chi connectivity index (χ4n) is 3.88. The maximum Gasteiger partial charge on any atom is 0.190 e. The standard InChI is InChI=1S/C20H28O7/c1-19(2)23-11-14(25-19)15-16(17-18(24-15)27-20(3,4)26-17)22-10-12-8-6-7-9-13(12)21-5/h6-9,14-18H,10-11H2,1-5H3/t14-,15-,16+,17-,18-/m1/s1. The van der Waals surface area contributed by atoms with Gasteiger partial charge in [-0.15, -0.1) is 0 Å². The van der Waals surface area contributed by atoms with Crippen LogP contribution in [-0.4, -0.2) is 56.0 Å². The summed E-state index contributed by atoms with van der Waals surface area (Å²) in [6, 6.07) is 7.79. The van der Waals surface area contributed by atoms with E-state index in [1.807, 2.05) is 52.0 Å². The molecule has 7 nitrogen and oxygen atoms in total. The van der Waals surface area contributed by atoms with Gasteiger partial charge in [0.25, 0.3) is 0 Å². The predicted octanol–water partition coefficient (Wildman–Crippen LogP) is 2.61. The van der Waals surface area contributed by atoms with Crippen LogP contribution in [0.3, 0.4) is 0 Å². The van der Waals surface area contributed by atoms with E-state index >= 15 is 0 Å². The summed E-state index contributed by atoms with van der Waals surface area (Å²) in [5.41, 5.74) is 0.962. The van der Waals surface area contributed by atoms with Crippen molar-refractivity contribution in [1.29, 1.82) is 0 Å². The van der Waals surface area contributed by atoms with Crippen molar-refractivity contribution in [2.75, 3.05) is 13.7 Å². The van der Waals surface area contributed by atoms with Crippen LogP contribution in [0.2, 0.25) is 0 Å². The molecule has 7 heteroatoms. The van der Waals surface area contributed by atoms with Crippen molar-refractivity contribution in [2.45, 2.75) is 76.6 Å². The SMILES string of the molecule is COc1ccccc1CO[C@@H]1[C@H]2OC(C)(C)O[C@H]2O[C@@H]1[C@H]1COC(C)(C)O1. The summed E-state index contributed by atoms with van der Waals surface area (Å²) >= 11 is 0. The highest BCUT2D eigenvalue weighted by molar-refractivity contribution is 5.32. The van der Waals surface area contributed by atoms with Crippen LogP contribution in [0.25, 0.3) is 0 Å². The largest absolute Gasteiger partial charge is 0.496 e. The molecule has 0 saturated carbocycles. The van der Waals surface area contributed by atoms with Gasteiger partial charge in [-0.2, -0.15) is 0 Å². The van der Waals surface area contributed by atoms with Crippen molar-refractivity contribution < 1.29 is 33.2 Å². The van der Waals surface area contributed by atoms with Crippen LogP contribution in [0, 0.1) is 0 Å². The summed E-state index contributed by atoms with van der Waals surface area (Å²) in [4.78, 5) is 0. The minimum Gasteiger partial charge on any atom is -0.496 e. The molecule has 0 aromatic heterocycles. The van der Waals surface area contributed by atoms with Crippen molar-refractivity contribution in [3.63, 3.8) is 0 Å². The van der Waals surface area contributed by atoms with Crippen LogP contribution >= 0.6 is 0 Å². The Morgan fingerprint density at radius 1 is 1.00 bits per heavy atom. The van der Waals surface area contributed by atoms with E-state index in [4.69, 9.17) is 33.2 Å². The number of para-hydroxylation sites is 1. The lowest BCUT2D eigenvalue weighted by atomic mass is 10.1. The number of hydrogen-bond donors (Lipinski definition) is 0. The zero-order chi connectivity index (χ0) is 19.2. The van der Waals surface area contributed by atoms with Gasteiger partial charge in [0.05, 0.1) is 20.3 Å². The van der Waals surface area contributed by atoms with Gasteiger partial charge in [0.1, 0.15) is 30.2 Å². The van der Waals surface area contributed by atoms with Gasteiger partial charge in [-0.25, -0.2) is 0 Å². The van der Waals surface area contributed by atoms with Gasteiger partial charge in [-0.3, -0.25) is 0 Å². The van der Waals surface area contributed by atoms with E-state index in [9.17, 15) is 0 Å². The number of hydrogen-bond acceptors (Lipinski definition) is 7. The highest BCUT2D eigenvalue weighted by Crippen LogP contribution is 2.42. The van der Waals surface area contributed by atoms with E-state index in [1.165, 1.54) is 0 Å². The average molecular weight is 380 g/mol. The topological polar surface area (TPSA) is 64.6 Å². The van der Waals surface area contributed by atoms with Gasteiger partial charge >= 0.3 is 0 Å². The molecule has 1 aromatic carbocycles. The Labute approximate surface area is 159 Å². The molecule has 0 unspecified atom stereocenters. The summed E-state index contributed by atoms with van der Waals surface area (Å²) in [6.07, 6.45) is -1.74. The number of fused-ring (bicyclic) bond motifs is 1. The van der Waals surface area contributed by atoms with Crippen LogP contribution in [0.4, 0.5) is 0 Å². The zero-order valence-corrected chi connectivity index (χ0v) is 16.5. The lowest BCUT2D eigenvalue weighted by Crippen LogP contribution is -2.44. The minimum absolute atomic E-state index is 0.247. The first-order valence-electron chi connectivity index (χ1n) is 9.34. The fraction of sp³-hybridized carbons (Fsp3) is 0.700. The first kappa shape index (κ1) is 19.1. The normalized spacial score (nSPS) is 36.7. The molecule has 0 spiro atoms. The van der Waals surface area contributed by atoms with Crippen molar-refractivity contribution in [2.24, 2.45) is 0 Å². The van der Waals surface area contributed by atoms with Crippen LogP contribution in [0.1, 0.15) is 33.3 Å². The Balaban J connectivity index is 1.52. The summed E-state index contributed by atoms with van der Waals surface area (Å²) in [6.45, 7) is 8.35. The number of benzene rings is 1. The van der Waals surface area contributed by atoms with Crippen LogP contribution < -0.4 is 4.74 Å². The Morgan fingerprint density at radius 2 is 1.78 bits per heavy atom. The number of ether oxygens (including phenoxy) is 7. The second-order valence-electron chi connectivity index (χ2n) is 8.02. The average Bonchev–Trinajstić information content (AvgIpc) is 3.22. The molecular weight excluding hydrogens is 352 g/mol. The van der Waals surface area contributed by atoms with Crippen molar-refractivity contribution >= 4 is 0 Å². The fourth-order valence-corrected chi connectivity index (χ4v) is 3.88. The first-order valence-corrected chi connectivity index (χ1v) is 9.34. The Morgan fingerprint density at radius 3 is 2.48 bits per heavy atom. The Kier molecular flexibility index (Phi) is 4.95. The summed E-state index contributed by atoms with van der Waals surface area (Å²) < 4.78 is 41.6. The maximum absolute atomic E-state index is 6.29. The zero-order valence-electron chi connectivity index (χ0n) is 16.5. The minimum atomic E-state index is -0.710. The third kappa shape index (κ3) is 3.85. The van der Waals surface area contributed by atoms with Gasteiger partial charge in [0, 0.05) is 5.56 Å². The molecule has 0 N–H and O–H groups in total. The first-order chi connectivity index (χ1) is 12.8. The quantitative estimate of drug-likeness (QED) is 0.778. The van der Waals surface area contributed by atoms with E-state index < -0.39 is 17.9 Å². The molecule has 1 aromatic rings. The highest BCUT2D eigenvalue weighted by Gasteiger charge is 2.58. The van der Waals surface area contributed by atoms with Gasteiger partial charge in [0.2, 0.25) is 0 Å². The molecule has 3 saturated heterocycles. The number of methoxy groups -OCH3 is 1. The van der Waals surface area contributed by atoms with Gasteiger partial charge in [0.15, 0.2) is 17.9 Å². The molecule has 3 heterocycles. The van der Waals surface area contributed by atoms with Crippen LogP contribution in [0.15, 0.2) is 24.3 Å². The van der Waals surface area contributed by atoms with E-state index in [0.29, 0.717) is 13.2 Å². The molecule has 3 aliphatic rings. The molecule has 27 heavy (non-hydrogen) atoms. The lowest BCUT2D eigenvalue weighted by Gasteiger charge is -2.29. The Hall–Kier alpha value is -1.22. The molecular formula is C20H28O7. The van der Waals surface area contributed by atoms with Gasteiger partial charge < -0.3 is 33.2 Å². The summed E-state index contributed by atoms with van der Waals surface area (Å²) in [5.74, 6) is -0.562. The van der Waals surface area contributed by atoms with Gasteiger partial charge in [-0.05, 0) is 33.8 Å². The molecule has 3 aliphatic heterocycles. The third-order valence-corrected chi connectivity index (χ3v) is 5.05. The van der Waals surface area contributed by atoms with Crippen LogP contribution in [-0.2, 0) is 35.0 Å². The van der Waals surface area contributed by atoms with Crippen molar-refractivity contribution in [1.82, 2.24) is 0 Å². The molecule has 5 atom stereocenters. The maximum atomic E-state index is 6.29. The molecule has 0 radical (unpaired) electrons. The summed E-state index contributed by atoms with van der Waals surface area (Å²) in [5, 5.41) is 0. The highest BCUT2D eigenvalue weighted by atomic mass is 16.8. The van der Waals surface area contributed by atoms with Gasteiger partial charge in [-0.1, -0.05) is 18.2 Å². The van der Waals surface area contributed by atoms with E-state index in [0.717, 1.165) is 11.3 Å². The van der Waals surface area contributed by atoms with Crippen molar-refractivity contribution in [3.05, 3.63) is 29.8 Å². The Bertz CT molecular complexity index is 674. The lowest BCUT2D eigenvalue weighted by molar-refractivity contribution is -0.236. The third-order valence-electron chi connectivity index (χ3n) is 5.05. The molecule has 4 rings (SSSR count). The molecule has 0 amide bonds. The smallest absolute Gasteiger partial charge is 0.190 e. The molecule has 0 aliphatic carbocycles. The van der Waals surface area contributed by atoms with E-state index in [2.05, 4.69) is 0 Å². The molecule has 0 bridgehead atoms. The second kappa shape index (κ2) is 6.99. The molecule has 150 valence electrons. The number of rotatable bonds is 5. The van der Waals surface area contributed by atoms with E-state index in [1.54, 1.807) is 7.11 Å². The van der Waals surface area contributed by atoms with Crippen LogP contribution in [0.5, 0.6) is 5.75 Å². The predicted molar refractivity (Wildman–Crippen MR) is 95.2 cm³/mol. The summed E-state index contributed by atoms with van der Waals surface area (Å²) in [7, 11) is 1.65. The molecule has 3 fully saturated rings. The van der Waals surface area contributed by atoms with Crippen molar-refractivity contribution in [3.8, 4) is 5.75 Å². The monoisotopic (exact) mass is 380 g/mol. The van der Waals surface area contributed by atoms with E-state index in [-0.39, 0.29) is 24.4 Å². The second-order valence-corrected chi connectivity index (χ2v) is 8.02.